The predicted octanol–water partition coefficient (Wildman–Crippen LogP) is 4.17. The van der Waals surface area contributed by atoms with Crippen molar-refractivity contribution in [3.8, 4) is 11.4 Å². The van der Waals surface area contributed by atoms with Crippen molar-refractivity contribution in [1.29, 1.82) is 0 Å². The normalized spacial score (nSPS) is 11.3. The third-order valence-corrected chi connectivity index (χ3v) is 4.20. The van der Waals surface area contributed by atoms with E-state index in [0.29, 0.717) is 0 Å². The molecule has 0 bridgehead atoms. The minimum atomic E-state index is -4.49. The summed E-state index contributed by atoms with van der Waals surface area (Å²) in [6, 6.07) is 14.3. The SMILES string of the molecule is COc1cn(-c2ccccc2)nc1C(=O)N(C)Cc1ccccc1C(F)(F)F. The minimum Gasteiger partial charge on any atom is -0.493 e. The predicted molar refractivity (Wildman–Crippen MR) is 97.4 cm³/mol. The molecule has 0 saturated carbocycles. The molecule has 0 atom stereocenters. The summed E-state index contributed by atoms with van der Waals surface area (Å²) < 4.78 is 46.3. The molecule has 0 fully saturated rings. The Labute approximate surface area is 160 Å². The maximum Gasteiger partial charge on any atom is 0.416 e. The highest BCUT2D eigenvalue weighted by molar-refractivity contribution is 5.94. The van der Waals surface area contributed by atoms with Crippen LogP contribution in [-0.4, -0.2) is 34.7 Å². The smallest absolute Gasteiger partial charge is 0.416 e. The molecule has 0 aliphatic heterocycles. The lowest BCUT2D eigenvalue weighted by atomic mass is 10.1. The second-order valence-electron chi connectivity index (χ2n) is 6.14. The van der Waals surface area contributed by atoms with Crippen molar-refractivity contribution in [2.75, 3.05) is 14.2 Å². The highest BCUT2D eigenvalue weighted by Crippen LogP contribution is 2.32. The average molecular weight is 389 g/mol. The number of carbonyl (C=O) groups is 1. The molecule has 0 spiro atoms. The molecule has 8 heteroatoms. The average Bonchev–Trinajstić information content (AvgIpc) is 3.12. The summed E-state index contributed by atoms with van der Waals surface area (Å²) in [7, 11) is 2.83. The van der Waals surface area contributed by atoms with Crippen molar-refractivity contribution in [2.45, 2.75) is 12.7 Å². The molecule has 0 radical (unpaired) electrons. The van der Waals surface area contributed by atoms with E-state index in [9.17, 15) is 18.0 Å². The van der Waals surface area contributed by atoms with Gasteiger partial charge in [0.25, 0.3) is 5.91 Å². The third kappa shape index (κ3) is 4.00. The molecule has 3 rings (SSSR count). The van der Waals surface area contributed by atoms with E-state index in [2.05, 4.69) is 5.10 Å². The molecule has 0 N–H and O–H groups in total. The number of halogens is 3. The molecule has 3 aromatic rings. The van der Waals surface area contributed by atoms with Crippen molar-refractivity contribution in [3.63, 3.8) is 0 Å². The fourth-order valence-corrected chi connectivity index (χ4v) is 2.81. The van der Waals surface area contributed by atoms with E-state index in [1.165, 1.54) is 41.9 Å². The summed E-state index contributed by atoms with van der Waals surface area (Å²) in [5.41, 5.74) is -0.00741. The van der Waals surface area contributed by atoms with Gasteiger partial charge in [-0.1, -0.05) is 36.4 Å². The molecule has 0 saturated heterocycles. The van der Waals surface area contributed by atoms with Gasteiger partial charge in [-0.2, -0.15) is 18.3 Å². The van der Waals surface area contributed by atoms with Gasteiger partial charge < -0.3 is 9.64 Å². The fraction of sp³-hybridized carbons (Fsp3) is 0.200. The molecule has 1 heterocycles. The van der Waals surface area contributed by atoms with Gasteiger partial charge in [0.2, 0.25) is 0 Å². The summed E-state index contributed by atoms with van der Waals surface area (Å²) in [5.74, 6) is -0.298. The first-order valence-electron chi connectivity index (χ1n) is 8.41. The number of rotatable bonds is 5. The van der Waals surface area contributed by atoms with Crippen LogP contribution in [0.25, 0.3) is 5.69 Å². The Bertz CT molecular complexity index is 968. The Balaban J connectivity index is 1.88. The topological polar surface area (TPSA) is 47.4 Å². The number of para-hydroxylation sites is 1. The Kier molecular flexibility index (Phi) is 5.39. The zero-order valence-electron chi connectivity index (χ0n) is 15.3. The van der Waals surface area contributed by atoms with E-state index in [1.54, 1.807) is 6.20 Å². The number of hydrogen-bond donors (Lipinski definition) is 0. The van der Waals surface area contributed by atoms with Gasteiger partial charge in [0.05, 0.1) is 24.6 Å². The van der Waals surface area contributed by atoms with Crippen LogP contribution >= 0.6 is 0 Å². The zero-order chi connectivity index (χ0) is 20.3. The molecule has 0 unspecified atom stereocenters. The summed E-state index contributed by atoms with van der Waals surface area (Å²) >= 11 is 0. The first-order chi connectivity index (χ1) is 13.3. The second kappa shape index (κ2) is 7.75. The van der Waals surface area contributed by atoms with Gasteiger partial charge in [0.15, 0.2) is 11.4 Å². The van der Waals surface area contributed by atoms with Crippen LogP contribution in [0.2, 0.25) is 0 Å². The number of aromatic nitrogens is 2. The maximum atomic E-state index is 13.2. The van der Waals surface area contributed by atoms with Gasteiger partial charge in [-0.05, 0) is 23.8 Å². The fourth-order valence-electron chi connectivity index (χ4n) is 2.81. The minimum absolute atomic E-state index is 0.00677. The summed E-state index contributed by atoms with van der Waals surface area (Å²) in [5, 5.41) is 4.26. The zero-order valence-corrected chi connectivity index (χ0v) is 15.3. The number of methoxy groups -OCH3 is 1. The molecule has 0 aliphatic carbocycles. The Morgan fingerprint density at radius 2 is 1.75 bits per heavy atom. The number of nitrogens with zero attached hydrogens (tertiary/aromatic N) is 3. The standard InChI is InChI=1S/C20H18F3N3O2/c1-25(12-14-8-6-7-11-16(14)20(21,22)23)19(27)18-17(28-2)13-26(24-18)15-9-4-3-5-10-15/h3-11,13H,12H2,1-2H3. The van der Waals surface area contributed by atoms with Crippen LogP contribution in [0.15, 0.2) is 60.8 Å². The van der Waals surface area contributed by atoms with Gasteiger partial charge in [-0.3, -0.25) is 4.79 Å². The molecule has 2 aromatic carbocycles. The van der Waals surface area contributed by atoms with Crippen molar-refractivity contribution >= 4 is 5.91 Å². The Morgan fingerprint density at radius 1 is 1.11 bits per heavy atom. The second-order valence-corrected chi connectivity index (χ2v) is 6.14. The largest absolute Gasteiger partial charge is 0.493 e. The van der Waals surface area contributed by atoms with Gasteiger partial charge in [-0.15, -0.1) is 0 Å². The van der Waals surface area contributed by atoms with E-state index < -0.39 is 17.6 Å². The molecule has 5 nitrogen and oxygen atoms in total. The van der Waals surface area contributed by atoms with E-state index in [1.807, 2.05) is 30.3 Å². The maximum absolute atomic E-state index is 13.2. The van der Waals surface area contributed by atoms with Gasteiger partial charge in [0.1, 0.15) is 0 Å². The number of ether oxygens (including phenoxy) is 1. The van der Waals surface area contributed by atoms with E-state index in [4.69, 9.17) is 4.74 Å². The molecule has 1 amide bonds. The van der Waals surface area contributed by atoms with Gasteiger partial charge in [-0.25, -0.2) is 4.68 Å². The van der Waals surface area contributed by atoms with Crippen molar-refractivity contribution < 1.29 is 22.7 Å². The van der Waals surface area contributed by atoms with Crippen LogP contribution < -0.4 is 4.74 Å². The van der Waals surface area contributed by atoms with Gasteiger partial charge in [0, 0.05) is 13.6 Å². The van der Waals surface area contributed by atoms with E-state index in [0.717, 1.165) is 11.8 Å². The third-order valence-electron chi connectivity index (χ3n) is 4.20. The Hall–Kier alpha value is -3.29. The molecular formula is C20H18F3N3O2. The van der Waals surface area contributed by atoms with Crippen LogP contribution in [0.1, 0.15) is 21.6 Å². The van der Waals surface area contributed by atoms with Crippen LogP contribution in [0, 0.1) is 0 Å². The molecular weight excluding hydrogens is 371 g/mol. The first-order valence-corrected chi connectivity index (χ1v) is 8.41. The number of carbonyl (C=O) groups excluding carboxylic acids is 1. The Morgan fingerprint density at radius 3 is 2.39 bits per heavy atom. The lowest BCUT2D eigenvalue weighted by Gasteiger charge is -2.19. The molecule has 0 aliphatic rings. The first kappa shape index (κ1) is 19.5. The number of alkyl halides is 3. The summed E-state index contributed by atoms with van der Waals surface area (Å²) in [4.78, 5) is 14.0. The molecule has 28 heavy (non-hydrogen) atoms. The van der Waals surface area contributed by atoms with Gasteiger partial charge >= 0.3 is 6.18 Å². The van der Waals surface area contributed by atoms with Crippen molar-refractivity contribution in [3.05, 3.63) is 77.6 Å². The monoisotopic (exact) mass is 389 g/mol. The van der Waals surface area contributed by atoms with Crippen molar-refractivity contribution in [1.82, 2.24) is 14.7 Å². The van der Waals surface area contributed by atoms with E-state index in [-0.39, 0.29) is 23.6 Å². The van der Waals surface area contributed by atoms with Crippen LogP contribution in [0.3, 0.4) is 0 Å². The highest BCUT2D eigenvalue weighted by atomic mass is 19.4. The highest BCUT2D eigenvalue weighted by Gasteiger charge is 2.33. The summed E-state index contributed by atoms with van der Waals surface area (Å²) in [6.07, 6.45) is -2.94. The molecule has 146 valence electrons. The number of benzene rings is 2. The van der Waals surface area contributed by atoms with E-state index >= 15 is 0 Å². The van der Waals surface area contributed by atoms with Crippen LogP contribution in [-0.2, 0) is 12.7 Å². The van der Waals surface area contributed by atoms with Crippen molar-refractivity contribution in [2.24, 2.45) is 0 Å². The lowest BCUT2D eigenvalue weighted by molar-refractivity contribution is -0.138. The quantitative estimate of drug-likeness (QED) is 0.658. The molecule has 1 aromatic heterocycles. The van der Waals surface area contributed by atoms with Crippen LogP contribution in [0.5, 0.6) is 5.75 Å². The van der Waals surface area contributed by atoms with Crippen LogP contribution in [0.4, 0.5) is 13.2 Å². The summed E-state index contributed by atoms with van der Waals surface area (Å²) in [6.45, 7) is -0.212. The number of hydrogen-bond acceptors (Lipinski definition) is 3. The number of amides is 1. The lowest BCUT2D eigenvalue weighted by Crippen LogP contribution is -2.28.